The van der Waals surface area contributed by atoms with Crippen LogP contribution in [-0.4, -0.2) is 52.6 Å². The summed E-state index contributed by atoms with van der Waals surface area (Å²) in [6, 6.07) is 14.0. The van der Waals surface area contributed by atoms with Crippen molar-refractivity contribution in [2.45, 2.75) is 13.0 Å². The van der Waals surface area contributed by atoms with Gasteiger partial charge < -0.3 is 15.1 Å². The number of rotatable bonds is 6. The number of hydrogen-bond donors (Lipinski definition) is 1. The summed E-state index contributed by atoms with van der Waals surface area (Å²) < 4.78 is 2.47. The van der Waals surface area contributed by atoms with Gasteiger partial charge in [-0.25, -0.2) is 9.78 Å². The van der Waals surface area contributed by atoms with Gasteiger partial charge in [0.2, 0.25) is 0 Å². The molecule has 2 aromatic carbocycles. The van der Waals surface area contributed by atoms with Crippen LogP contribution in [0.15, 0.2) is 57.8 Å². The topological polar surface area (TPSA) is 70.5 Å². The highest BCUT2D eigenvalue weighted by Crippen LogP contribution is 2.21. The Bertz CT molecular complexity index is 1090. The summed E-state index contributed by atoms with van der Waals surface area (Å²) in [7, 11) is 5.61. The summed E-state index contributed by atoms with van der Waals surface area (Å²) in [6.45, 7) is 3.06. The zero-order valence-corrected chi connectivity index (χ0v) is 19.2. The molecule has 0 spiro atoms. The third kappa shape index (κ3) is 4.88. The van der Waals surface area contributed by atoms with Crippen LogP contribution < -0.4 is 10.9 Å². The van der Waals surface area contributed by atoms with Crippen LogP contribution in [0.25, 0.3) is 10.9 Å². The van der Waals surface area contributed by atoms with Crippen LogP contribution in [0.4, 0.5) is 10.5 Å². The van der Waals surface area contributed by atoms with E-state index in [1.807, 2.05) is 68.4 Å². The number of likely N-dealkylation sites (N-methyl/N-ethyl adjacent to an activating group) is 1. The van der Waals surface area contributed by atoms with Crippen molar-refractivity contribution in [1.82, 2.24) is 19.4 Å². The number of para-hydroxylation sites is 1. The molecule has 30 heavy (non-hydrogen) atoms. The van der Waals surface area contributed by atoms with Crippen LogP contribution in [0.3, 0.4) is 0 Å². The average Bonchev–Trinajstić information content (AvgIpc) is 2.72. The summed E-state index contributed by atoms with van der Waals surface area (Å²) in [5, 5.41) is 3.51. The summed E-state index contributed by atoms with van der Waals surface area (Å²) >= 11 is 3.40. The Kier molecular flexibility index (Phi) is 6.89. The summed E-state index contributed by atoms with van der Waals surface area (Å²) in [5.41, 5.74) is 1.21. The number of carbonyl (C=O) groups is 1. The lowest BCUT2D eigenvalue weighted by molar-refractivity contribution is 0.180. The van der Waals surface area contributed by atoms with Crippen LogP contribution in [0, 0.1) is 0 Å². The number of urea groups is 1. The minimum Gasteiger partial charge on any atom is -0.313 e. The first-order valence-electron chi connectivity index (χ1n) is 9.71. The first-order chi connectivity index (χ1) is 14.3. The summed E-state index contributed by atoms with van der Waals surface area (Å²) in [5.74, 6) is 0.545. The standard InChI is InChI=1S/C22H26BrN5O2/c1-15(20-25-19-8-6-5-7-18(19)21(29)27(20)4)28(14-13-26(2)3)22(30)24-17-11-9-16(23)10-12-17/h5-12,15H,13-14H2,1-4H3,(H,24,30). The fourth-order valence-electron chi connectivity index (χ4n) is 3.26. The largest absolute Gasteiger partial charge is 0.322 e. The molecule has 7 nitrogen and oxygen atoms in total. The number of carbonyl (C=O) groups excluding carboxylic acids is 1. The molecule has 1 atom stereocenters. The Balaban J connectivity index is 1.95. The Morgan fingerprint density at radius 1 is 1.13 bits per heavy atom. The molecular formula is C22H26BrN5O2. The van der Waals surface area contributed by atoms with Crippen LogP contribution in [0.2, 0.25) is 0 Å². The minimum absolute atomic E-state index is 0.122. The quantitative estimate of drug-likeness (QED) is 0.592. The predicted octanol–water partition coefficient (Wildman–Crippen LogP) is 3.85. The zero-order chi connectivity index (χ0) is 21.8. The Morgan fingerprint density at radius 3 is 2.47 bits per heavy atom. The van der Waals surface area contributed by atoms with E-state index in [1.165, 1.54) is 4.57 Å². The van der Waals surface area contributed by atoms with E-state index in [-0.39, 0.29) is 11.6 Å². The Morgan fingerprint density at radius 2 is 1.80 bits per heavy atom. The second-order valence-corrected chi connectivity index (χ2v) is 8.38. The number of nitrogens with zero attached hydrogens (tertiary/aromatic N) is 4. The number of anilines is 1. The van der Waals surface area contributed by atoms with E-state index < -0.39 is 6.04 Å². The molecule has 0 aliphatic heterocycles. The number of hydrogen-bond acceptors (Lipinski definition) is 4. The highest BCUT2D eigenvalue weighted by Gasteiger charge is 2.25. The second-order valence-electron chi connectivity index (χ2n) is 7.46. The molecule has 158 valence electrons. The number of benzene rings is 2. The van der Waals surface area contributed by atoms with Gasteiger partial charge in [0.1, 0.15) is 5.82 Å². The highest BCUT2D eigenvalue weighted by atomic mass is 79.9. The maximum absolute atomic E-state index is 13.2. The lowest BCUT2D eigenvalue weighted by atomic mass is 10.2. The van der Waals surface area contributed by atoms with Gasteiger partial charge in [-0.1, -0.05) is 28.1 Å². The van der Waals surface area contributed by atoms with Crippen molar-refractivity contribution in [1.29, 1.82) is 0 Å². The van der Waals surface area contributed by atoms with Gasteiger partial charge in [0.25, 0.3) is 5.56 Å². The average molecular weight is 472 g/mol. The molecule has 0 fully saturated rings. The van der Waals surface area contributed by atoms with Gasteiger partial charge >= 0.3 is 6.03 Å². The minimum atomic E-state index is -0.400. The van der Waals surface area contributed by atoms with Crippen LogP contribution in [0.1, 0.15) is 18.8 Å². The van der Waals surface area contributed by atoms with Crippen LogP contribution >= 0.6 is 15.9 Å². The van der Waals surface area contributed by atoms with E-state index >= 15 is 0 Å². The first-order valence-corrected chi connectivity index (χ1v) is 10.5. The van der Waals surface area contributed by atoms with Crippen molar-refractivity contribution in [2.24, 2.45) is 7.05 Å². The smallest absolute Gasteiger partial charge is 0.313 e. The lowest BCUT2D eigenvalue weighted by Gasteiger charge is -2.31. The molecule has 0 radical (unpaired) electrons. The molecule has 1 N–H and O–H groups in total. The molecule has 1 aromatic heterocycles. The number of aromatic nitrogens is 2. The molecule has 0 aliphatic carbocycles. The molecule has 8 heteroatoms. The van der Waals surface area contributed by atoms with Crippen molar-refractivity contribution in [3.8, 4) is 0 Å². The van der Waals surface area contributed by atoms with Gasteiger partial charge in [-0.15, -0.1) is 0 Å². The number of halogens is 1. The number of amides is 2. The molecular weight excluding hydrogens is 446 g/mol. The molecule has 0 saturated carbocycles. The van der Waals surface area contributed by atoms with Gasteiger partial charge in [-0.2, -0.15) is 0 Å². The Labute approximate surface area is 184 Å². The zero-order valence-electron chi connectivity index (χ0n) is 17.6. The van der Waals surface area contributed by atoms with E-state index in [0.717, 1.165) is 4.47 Å². The fourth-order valence-corrected chi connectivity index (χ4v) is 3.52. The van der Waals surface area contributed by atoms with E-state index in [0.29, 0.717) is 35.5 Å². The fraction of sp³-hybridized carbons (Fsp3) is 0.318. The SMILES string of the molecule is CC(c1nc2ccccc2c(=O)n1C)N(CCN(C)C)C(=O)Nc1ccc(Br)cc1. The van der Waals surface area contributed by atoms with Crippen molar-refractivity contribution >= 4 is 38.6 Å². The summed E-state index contributed by atoms with van der Waals surface area (Å²) in [4.78, 5) is 34.4. The number of nitrogens with one attached hydrogen (secondary N) is 1. The molecule has 3 rings (SSSR count). The van der Waals surface area contributed by atoms with E-state index in [1.54, 1.807) is 18.0 Å². The first kappa shape index (κ1) is 22.0. The molecule has 0 aliphatic rings. The maximum Gasteiger partial charge on any atom is 0.322 e. The van der Waals surface area contributed by atoms with E-state index in [9.17, 15) is 9.59 Å². The van der Waals surface area contributed by atoms with Gasteiger partial charge in [0, 0.05) is 30.3 Å². The van der Waals surface area contributed by atoms with Gasteiger partial charge in [0.15, 0.2) is 0 Å². The molecule has 2 amide bonds. The molecule has 1 heterocycles. The molecule has 3 aromatic rings. The van der Waals surface area contributed by atoms with Crippen LogP contribution in [0.5, 0.6) is 0 Å². The van der Waals surface area contributed by atoms with Gasteiger partial charge in [0.05, 0.1) is 16.9 Å². The maximum atomic E-state index is 13.2. The van der Waals surface area contributed by atoms with Gasteiger partial charge in [-0.05, 0) is 57.4 Å². The second kappa shape index (κ2) is 9.40. The molecule has 0 bridgehead atoms. The van der Waals surface area contributed by atoms with Crippen LogP contribution in [-0.2, 0) is 7.05 Å². The van der Waals surface area contributed by atoms with E-state index in [4.69, 9.17) is 4.98 Å². The lowest BCUT2D eigenvalue weighted by Crippen LogP contribution is -2.42. The van der Waals surface area contributed by atoms with Crippen molar-refractivity contribution < 1.29 is 4.79 Å². The molecule has 1 unspecified atom stereocenters. The third-order valence-electron chi connectivity index (χ3n) is 5.00. The highest BCUT2D eigenvalue weighted by molar-refractivity contribution is 9.10. The monoisotopic (exact) mass is 471 g/mol. The number of fused-ring (bicyclic) bond motifs is 1. The normalized spacial score (nSPS) is 12.2. The predicted molar refractivity (Wildman–Crippen MR) is 124 cm³/mol. The van der Waals surface area contributed by atoms with Crippen molar-refractivity contribution in [2.75, 3.05) is 32.5 Å². The van der Waals surface area contributed by atoms with Gasteiger partial charge in [-0.3, -0.25) is 9.36 Å². The summed E-state index contributed by atoms with van der Waals surface area (Å²) in [6.07, 6.45) is 0. The third-order valence-corrected chi connectivity index (χ3v) is 5.53. The van der Waals surface area contributed by atoms with Crippen molar-refractivity contribution in [3.05, 3.63) is 69.2 Å². The molecule has 0 saturated heterocycles. The van der Waals surface area contributed by atoms with Crippen molar-refractivity contribution in [3.63, 3.8) is 0 Å². The Hall–Kier alpha value is -2.71. The van der Waals surface area contributed by atoms with E-state index in [2.05, 4.69) is 21.2 Å².